The molecule has 0 bridgehead atoms. The number of urea groups is 1. The van der Waals surface area contributed by atoms with Gasteiger partial charge in [-0.3, -0.25) is 14.4 Å². The molecule has 1 rings (SSSR count). The quantitative estimate of drug-likeness (QED) is 0.443. The first-order valence-electron chi connectivity index (χ1n) is 2.76. The molecule has 1 aliphatic heterocycles. The summed E-state index contributed by atoms with van der Waals surface area (Å²) >= 11 is 10.2. The molecule has 0 atom stereocenters. The number of nitrogens with one attached hydrogen (secondary N) is 1. The first-order chi connectivity index (χ1) is 5.38. The number of carbonyl (C=O) groups is 2. The van der Waals surface area contributed by atoms with Crippen LogP contribution in [0.4, 0.5) is 9.18 Å². The lowest BCUT2D eigenvalue weighted by Gasteiger charge is -2.15. The minimum Gasteiger partial charge on any atom is -0.276 e. The van der Waals surface area contributed by atoms with E-state index in [1.807, 2.05) is 5.32 Å². The Morgan fingerprint density at radius 1 is 1.58 bits per heavy atom. The average molecular weight is 233 g/mol. The number of halogens is 3. The molecule has 0 saturated carbocycles. The second-order valence-electron chi connectivity index (χ2n) is 1.93. The van der Waals surface area contributed by atoms with Gasteiger partial charge in [-0.15, -0.1) is 0 Å². The SMILES string of the molecule is O=C1CN(SC(F)(Cl)Cl)C(=O)N1. The van der Waals surface area contributed by atoms with E-state index < -0.39 is 15.9 Å². The fourth-order valence-electron chi connectivity index (χ4n) is 0.622. The lowest BCUT2D eigenvalue weighted by molar-refractivity contribution is -0.118. The van der Waals surface area contributed by atoms with Crippen LogP contribution in [-0.2, 0) is 4.79 Å². The van der Waals surface area contributed by atoms with Crippen LogP contribution in [0, 0.1) is 0 Å². The zero-order valence-corrected chi connectivity index (χ0v) is 7.84. The van der Waals surface area contributed by atoms with Gasteiger partial charge in [-0.2, -0.15) is 4.39 Å². The Morgan fingerprint density at radius 3 is 2.50 bits per heavy atom. The van der Waals surface area contributed by atoms with Crippen LogP contribution in [0.15, 0.2) is 0 Å². The molecular weight excluding hydrogens is 230 g/mol. The number of carbonyl (C=O) groups excluding carboxylic acids is 2. The zero-order valence-electron chi connectivity index (χ0n) is 5.51. The monoisotopic (exact) mass is 232 g/mol. The molecule has 4 nitrogen and oxygen atoms in total. The van der Waals surface area contributed by atoms with E-state index in [0.717, 1.165) is 4.31 Å². The van der Waals surface area contributed by atoms with Crippen LogP contribution >= 0.6 is 35.1 Å². The van der Waals surface area contributed by atoms with Gasteiger partial charge in [0.2, 0.25) is 5.91 Å². The molecule has 0 radical (unpaired) electrons. The van der Waals surface area contributed by atoms with Crippen LogP contribution in [0.1, 0.15) is 0 Å². The zero-order chi connectivity index (χ0) is 9.35. The molecule has 8 heteroatoms. The molecule has 1 fully saturated rings. The highest BCUT2D eigenvalue weighted by molar-refractivity contribution is 8.01. The second-order valence-corrected chi connectivity index (χ2v) is 4.80. The summed E-state index contributed by atoms with van der Waals surface area (Å²) in [5.74, 6) is -0.509. The Kier molecular flexibility index (Phi) is 2.70. The van der Waals surface area contributed by atoms with Gasteiger partial charge in [-0.25, -0.2) is 4.79 Å². The summed E-state index contributed by atoms with van der Waals surface area (Å²) < 4.78 is 10.7. The summed E-state index contributed by atoms with van der Waals surface area (Å²) in [7, 11) is 0. The molecule has 68 valence electrons. The minimum absolute atomic E-state index is 0.241. The van der Waals surface area contributed by atoms with Crippen molar-refractivity contribution in [2.75, 3.05) is 6.54 Å². The van der Waals surface area contributed by atoms with Gasteiger partial charge >= 0.3 is 9.95 Å². The van der Waals surface area contributed by atoms with E-state index in [4.69, 9.17) is 23.2 Å². The number of alkyl halides is 3. The van der Waals surface area contributed by atoms with E-state index in [-0.39, 0.29) is 18.5 Å². The summed E-state index contributed by atoms with van der Waals surface area (Å²) in [6.45, 7) is -0.241. The molecular formula is C4H3Cl2FN2O2S. The molecule has 0 aromatic carbocycles. The number of hydrogen-bond donors (Lipinski definition) is 1. The summed E-state index contributed by atoms with van der Waals surface area (Å²) in [5.41, 5.74) is 0. The lowest BCUT2D eigenvalue weighted by atomic mass is 10.7. The van der Waals surface area contributed by atoms with Crippen molar-refractivity contribution in [3.05, 3.63) is 0 Å². The van der Waals surface area contributed by atoms with Crippen molar-refractivity contribution in [2.24, 2.45) is 0 Å². The first-order valence-corrected chi connectivity index (χ1v) is 4.28. The van der Waals surface area contributed by atoms with Gasteiger partial charge < -0.3 is 0 Å². The normalized spacial score (nSPS) is 18.4. The Bertz CT molecular complexity index is 232. The van der Waals surface area contributed by atoms with Crippen LogP contribution in [0.3, 0.4) is 0 Å². The Morgan fingerprint density at radius 2 is 2.17 bits per heavy atom. The van der Waals surface area contributed by atoms with Crippen LogP contribution in [0.2, 0.25) is 0 Å². The summed E-state index contributed by atoms with van der Waals surface area (Å²) in [5, 5.41) is 1.93. The van der Waals surface area contributed by atoms with Crippen LogP contribution in [-0.4, -0.2) is 26.7 Å². The molecule has 0 spiro atoms. The highest BCUT2D eigenvalue weighted by Crippen LogP contribution is 2.38. The third-order valence-corrected chi connectivity index (χ3v) is 2.11. The van der Waals surface area contributed by atoms with Gasteiger partial charge in [0.15, 0.2) is 0 Å². The predicted molar refractivity (Wildman–Crippen MR) is 43.4 cm³/mol. The fourth-order valence-corrected chi connectivity index (χ4v) is 1.68. The average Bonchev–Trinajstić information content (AvgIpc) is 2.06. The summed E-state index contributed by atoms with van der Waals surface area (Å²) in [4.78, 5) is 21.3. The van der Waals surface area contributed by atoms with E-state index in [9.17, 15) is 14.0 Å². The van der Waals surface area contributed by atoms with E-state index >= 15 is 0 Å². The smallest absolute Gasteiger partial charge is 0.276 e. The highest BCUT2D eigenvalue weighted by atomic mass is 35.5. The van der Waals surface area contributed by atoms with Crippen molar-refractivity contribution in [1.29, 1.82) is 0 Å². The summed E-state index contributed by atoms with van der Waals surface area (Å²) in [6, 6.07) is -0.715. The maximum absolute atomic E-state index is 12.5. The molecule has 1 N–H and O–H groups in total. The van der Waals surface area contributed by atoms with E-state index in [2.05, 4.69) is 0 Å². The maximum Gasteiger partial charge on any atom is 0.334 e. The van der Waals surface area contributed by atoms with Crippen LogP contribution in [0.5, 0.6) is 0 Å². The second kappa shape index (κ2) is 3.27. The fraction of sp³-hybridized carbons (Fsp3) is 0.500. The molecule has 12 heavy (non-hydrogen) atoms. The molecule has 1 aliphatic rings. The van der Waals surface area contributed by atoms with Gasteiger partial charge in [-0.05, 0) is 0 Å². The lowest BCUT2D eigenvalue weighted by Crippen LogP contribution is -2.25. The van der Waals surface area contributed by atoms with E-state index in [0.29, 0.717) is 0 Å². The van der Waals surface area contributed by atoms with Gasteiger partial charge in [0.1, 0.15) is 6.54 Å². The van der Waals surface area contributed by atoms with Crippen molar-refractivity contribution in [1.82, 2.24) is 9.62 Å². The molecule has 0 aromatic heterocycles. The van der Waals surface area contributed by atoms with Crippen molar-refractivity contribution in [3.8, 4) is 0 Å². The Balaban J connectivity index is 2.54. The molecule has 1 saturated heterocycles. The third kappa shape index (κ3) is 2.69. The molecule has 3 amide bonds. The van der Waals surface area contributed by atoms with Crippen molar-refractivity contribution >= 4 is 47.1 Å². The largest absolute Gasteiger partial charge is 0.334 e. The molecule has 0 unspecified atom stereocenters. The molecule has 0 aliphatic carbocycles. The molecule has 0 aromatic rings. The summed E-state index contributed by atoms with van der Waals surface area (Å²) in [6.07, 6.45) is 0. The van der Waals surface area contributed by atoms with Crippen LogP contribution < -0.4 is 5.32 Å². The van der Waals surface area contributed by atoms with E-state index in [1.165, 1.54) is 0 Å². The number of amides is 3. The van der Waals surface area contributed by atoms with Gasteiger partial charge in [0, 0.05) is 11.9 Å². The standard InChI is InChI=1S/C4H3Cl2FN2O2S/c5-4(6,7)12-9-1-2(10)8-3(9)11/h1H2,(H,8,10,11). The van der Waals surface area contributed by atoms with Crippen molar-refractivity contribution in [2.45, 2.75) is 3.92 Å². The first kappa shape index (κ1) is 9.88. The van der Waals surface area contributed by atoms with Gasteiger partial charge in [0.25, 0.3) is 0 Å². The highest BCUT2D eigenvalue weighted by Gasteiger charge is 2.35. The van der Waals surface area contributed by atoms with E-state index in [1.54, 1.807) is 0 Å². The number of hydrogen-bond acceptors (Lipinski definition) is 3. The predicted octanol–water partition coefficient (Wildman–Crippen LogP) is 1.24. The number of imide groups is 1. The topological polar surface area (TPSA) is 49.4 Å². The van der Waals surface area contributed by atoms with Crippen LogP contribution in [0.25, 0.3) is 0 Å². The Hall–Kier alpha value is -0.200. The van der Waals surface area contributed by atoms with Gasteiger partial charge in [-0.1, -0.05) is 23.2 Å². The minimum atomic E-state index is -2.60. The molecule has 1 heterocycles. The third-order valence-electron chi connectivity index (χ3n) is 0.974. The number of nitrogens with zero attached hydrogens (tertiary/aromatic N) is 1. The maximum atomic E-state index is 12.5. The van der Waals surface area contributed by atoms with Crippen molar-refractivity contribution < 1.29 is 14.0 Å². The Labute approximate surface area is 81.5 Å². The number of rotatable bonds is 2. The van der Waals surface area contributed by atoms with Crippen molar-refractivity contribution in [3.63, 3.8) is 0 Å². The van der Waals surface area contributed by atoms with Gasteiger partial charge in [0.05, 0.1) is 0 Å².